The summed E-state index contributed by atoms with van der Waals surface area (Å²) < 4.78 is 31.2. The first kappa shape index (κ1) is 14.9. The van der Waals surface area contributed by atoms with Crippen molar-refractivity contribution in [1.82, 2.24) is 0 Å². The van der Waals surface area contributed by atoms with Gasteiger partial charge in [-0.25, -0.2) is 4.79 Å². The Bertz CT molecular complexity index is 438. The molecule has 0 unspecified atom stereocenters. The van der Waals surface area contributed by atoms with Crippen molar-refractivity contribution in [3.8, 4) is 0 Å². The van der Waals surface area contributed by atoms with E-state index in [0.29, 0.717) is 5.69 Å². The molecular formula is C12H14F2N2O3. The van der Waals surface area contributed by atoms with Gasteiger partial charge in [0, 0.05) is 12.1 Å². The Kier molecular flexibility index (Phi) is 5.23. The number of alkyl halides is 2. The standard InChI is InChI=1S/C12H14F2N2O3/c13-12(14,7-4-8-19-11(15)18)10(17)16-9-5-2-1-3-6-9/h1-3,5-6H,4,7-8H2,(H2,15,18)(H,16,17). The highest BCUT2D eigenvalue weighted by Gasteiger charge is 2.38. The van der Waals surface area contributed by atoms with Crippen LogP contribution in [0.3, 0.4) is 0 Å². The molecule has 0 bridgehead atoms. The van der Waals surface area contributed by atoms with Crippen LogP contribution in [0, 0.1) is 0 Å². The number of benzene rings is 1. The second-order valence-electron chi connectivity index (χ2n) is 3.80. The maximum atomic E-state index is 13.4. The molecule has 0 saturated heterocycles. The lowest BCUT2D eigenvalue weighted by Gasteiger charge is -2.15. The van der Waals surface area contributed by atoms with Crippen molar-refractivity contribution in [2.45, 2.75) is 18.8 Å². The zero-order valence-electron chi connectivity index (χ0n) is 10.1. The van der Waals surface area contributed by atoms with Gasteiger partial charge in [-0.15, -0.1) is 0 Å². The molecule has 0 atom stereocenters. The second kappa shape index (κ2) is 6.67. The Morgan fingerprint density at radius 3 is 2.47 bits per heavy atom. The van der Waals surface area contributed by atoms with Crippen molar-refractivity contribution in [2.75, 3.05) is 11.9 Å². The van der Waals surface area contributed by atoms with Crippen molar-refractivity contribution < 1.29 is 23.1 Å². The van der Waals surface area contributed by atoms with Gasteiger partial charge in [-0.2, -0.15) is 8.78 Å². The van der Waals surface area contributed by atoms with E-state index in [0.717, 1.165) is 0 Å². The number of ether oxygens (including phenoxy) is 1. The normalized spacial score (nSPS) is 10.8. The first-order valence-electron chi connectivity index (χ1n) is 5.58. The highest BCUT2D eigenvalue weighted by molar-refractivity contribution is 5.95. The van der Waals surface area contributed by atoms with Gasteiger partial charge in [0.25, 0.3) is 5.91 Å². The van der Waals surface area contributed by atoms with E-state index in [2.05, 4.69) is 15.8 Å². The molecule has 0 heterocycles. The summed E-state index contributed by atoms with van der Waals surface area (Å²) >= 11 is 0. The molecule has 3 N–H and O–H groups in total. The molecule has 1 aromatic rings. The predicted octanol–water partition coefficient (Wildman–Crippen LogP) is 2.14. The van der Waals surface area contributed by atoms with Gasteiger partial charge >= 0.3 is 12.0 Å². The number of halogens is 2. The molecule has 0 aromatic heterocycles. The number of primary amides is 1. The number of nitrogens with one attached hydrogen (secondary N) is 1. The van der Waals surface area contributed by atoms with Crippen LogP contribution in [0.5, 0.6) is 0 Å². The third kappa shape index (κ3) is 5.33. The lowest BCUT2D eigenvalue weighted by molar-refractivity contribution is -0.140. The van der Waals surface area contributed by atoms with E-state index in [1.807, 2.05) is 0 Å². The number of hydrogen-bond acceptors (Lipinski definition) is 3. The Morgan fingerprint density at radius 1 is 1.26 bits per heavy atom. The van der Waals surface area contributed by atoms with Crippen LogP contribution >= 0.6 is 0 Å². The summed E-state index contributed by atoms with van der Waals surface area (Å²) in [4.78, 5) is 21.6. The smallest absolute Gasteiger partial charge is 0.404 e. The van der Waals surface area contributed by atoms with Crippen LogP contribution in [0.4, 0.5) is 19.3 Å². The molecule has 0 aliphatic rings. The van der Waals surface area contributed by atoms with Crippen molar-refractivity contribution in [3.05, 3.63) is 30.3 Å². The van der Waals surface area contributed by atoms with Gasteiger partial charge in [-0.3, -0.25) is 4.79 Å². The van der Waals surface area contributed by atoms with E-state index in [-0.39, 0.29) is 13.0 Å². The molecule has 0 saturated carbocycles. The molecular weight excluding hydrogens is 258 g/mol. The molecule has 5 nitrogen and oxygen atoms in total. The van der Waals surface area contributed by atoms with E-state index in [4.69, 9.17) is 0 Å². The van der Waals surface area contributed by atoms with Gasteiger partial charge in [-0.1, -0.05) is 18.2 Å². The minimum Gasteiger partial charge on any atom is -0.450 e. The van der Waals surface area contributed by atoms with Crippen LogP contribution in [0.25, 0.3) is 0 Å². The molecule has 0 aliphatic carbocycles. The number of amides is 2. The van der Waals surface area contributed by atoms with E-state index < -0.39 is 24.3 Å². The first-order valence-corrected chi connectivity index (χ1v) is 5.58. The fourth-order valence-electron chi connectivity index (χ4n) is 1.32. The highest BCUT2D eigenvalue weighted by atomic mass is 19.3. The lowest BCUT2D eigenvalue weighted by Crippen LogP contribution is -2.34. The molecule has 1 aromatic carbocycles. The average molecular weight is 272 g/mol. The molecule has 0 aliphatic heterocycles. The van der Waals surface area contributed by atoms with Crippen molar-refractivity contribution in [2.24, 2.45) is 5.73 Å². The summed E-state index contributed by atoms with van der Waals surface area (Å²) in [7, 11) is 0. The molecule has 19 heavy (non-hydrogen) atoms. The summed E-state index contributed by atoms with van der Waals surface area (Å²) in [6, 6.07) is 7.95. The number of rotatable bonds is 6. The van der Waals surface area contributed by atoms with Crippen LogP contribution in [-0.2, 0) is 9.53 Å². The zero-order valence-corrected chi connectivity index (χ0v) is 10.1. The van der Waals surface area contributed by atoms with Gasteiger partial charge in [0.15, 0.2) is 0 Å². The number of anilines is 1. The van der Waals surface area contributed by atoms with Crippen molar-refractivity contribution in [1.29, 1.82) is 0 Å². The summed E-state index contributed by atoms with van der Waals surface area (Å²) in [6.07, 6.45) is -1.91. The third-order valence-electron chi connectivity index (χ3n) is 2.24. The Balaban J connectivity index is 2.43. The molecule has 0 radical (unpaired) electrons. The fraction of sp³-hybridized carbons (Fsp3) is 0.333. The largest absolute Gasteiger partial charge is 0.450 e. The maximum absolute atomic E-state index is 13.4. The summed E-state index contributed by atoms with van der Waals surface area (Å²) in [5, 5.41) is 2.11. The van der Waals surface area contributed by atoms with Gasteiger partial charge in [0.1, 0.15) is 0 Å². The topological polar surface area (TPSA) is 81.4 Å². The van der Waals surface area contributed by atoms with Crippen molar-refractivity contribution in [3.63, 3.8) is 0 Å². The minimum atomic E-state index is -3.53. The molecule has 0 fully saturated rings. The number of carbonyl (C=O) groups is 2. The van der Waals surface area contributed by atoms with Crippen LogP contribution < -0.4 is 11.1 Å². The van der Waals surface area contributed by atoms with Gasteiger partial charge in [-0.05, 0) is 18.6 Å². The van der Waals surface area contributed by atoms with Gasteiger partial charge in [0.05, 0.1) is 6.61 Å². The van der Waals surface area contributed by atoms with Crippen molar-refractivity contribution >= 4 is 17.7 Å². The number of para-hydroxylation sites is 1. The monoisotopic (exact) mass is 272 g/mol. The van der Waals surface area contributed by atoms with Crippen LogP contribution in [0.2, 0.25) is 0 Å². The van der Waals surface area contributed by atoms with Gasteiger partial charge in [0.2, 0.25) is 0 Å². The Morgan fingerprint density at radius 2 is 1.89 bits per heavy atom. The summed E-state index contributed by atoms with van der Waals surface area (Å²) in [5.41, 5.74) is 4.97. The number of nitrogens with two attached hydrogens (primary N) is 1. The third-order valence-corrected chi connectivity index (χ3v) is 2.24. The van der Waals surface area contributed by atoms with E-state index >= 15 is 0 Å². The highest BCUT2D eigenvalue weighted by Crippen LogP contribution is 2.22. The summed E-state index contributed by atoms with van der Waals surface area (Å²) in [6.45, 7) is -0.246. The van der Waals surface area contributed by atoms with E-state index in [1.54, 1.807) is 18.2 Å². The molecule has 104 valence electrons. The van der Waals surface area contributed by atoms with E-state index in [1.165, 1.54) is 12.1 Å². The maximum Gasteiger partial charge on any atom is 0.404 e. The SMILES string of the molecule is NC(=O)OCCCC(F)(F)C(=O)Nc1ccccc1. The van der Waals surface area contributed by atoms with Crippen LogP contribution in [0.1, 0.15) is 12.8 Å². The lowest BCUT2D eigenvalue weighted by atomic mass is 10.1. The fourth-order valence-corrected chi connectivity index (χ4v) is 1.32. The average Bonchev–Trinajstić information content (AvgIpc) is 2.35. The molecule has 7 heteroatoms. The zero-order chi connectivity index (χ0) is 14.3. The first-order chi connectivity index (χ1) is 8.92. The molecule has 1 rings (SSSR count). The Hall–Kier alpha value is -2.18. The summed E-state index contributed by atoms with van der Waals surface area (Å²) in [5.74, 6) is -4.92. The van der Waals surface area contributed by atoms with Crippen LogP contribution in [0.15, 0.2) is 30.3 Å². The van der Waals surface area contributed by atoms with Crippen LogP contribution in [-0.4, -0.2) is 24.5 Å². The second-order valence-corrected chi connectivity index (χ2v) is 3.80. The number of hydrogen-bond donors (Lipinski definition) is 2. The minimum absolute atomic E-state index is 0.155. The Labute approximate surface area is 108 Å². The molecule has 2 amide bonds. The number of carbonyl (C=O) groups excluding carboxylic acids is 2. The predicted molar refractivity (Wildman–Crippen MR) is 64.8 cm³/mol. The van der Waals surface area contributed by atoms with E-state index in [9.17, 15) is 18.4 Å². The van der Waals surface area contributed by atoms with Gasteiger partial charge < -0.3 is 15.8 Å². The molecule has 0 spiro atoms. The quantitative estimate of drug-likeness (QED) is 0.778.